The molecule has 4 heterocycles. The van der Waals surface area contributed by atoms with Gasteiger partial charge in [-0.1, -0.05) is 11.6 Å². The highest BCUT2D eigenvalue weighted by Crippen LogP contribution is 2.30. The van der Waals surface area contributed by atoms with Crippen molar-refractivity contribution in [2.24, 2.45) is 5.92 Å². The van der Waals surface area contributed by atoms with E-state index in [1.165, 1.54) is 11.1 Å². The average molecular weight is 494 g/mol. The molecule has 2 aliphatic heterocycles. The number of carbonyl (C=O) groups is 2. The van der Waals surface area contributed by atoms with Crippen LogP contribution >= 0.6 is 11.6 Å². The number of fused-ring (bicyclic) bond motifs is 6. The Morgan fingerprint density at radius 2 is 2.03 bits per heavy atom. The molecular formula is C24H24ClN7O3. The van der Waals surface area contributed by atoms with Crippen molar-refractivity contribution in [3.8, 4) is 0 Å². The zero-order valence-corrected chi connectivity index (χ0v) is 19.5. The number of nitrogens with one attached hydrogen (secondary N) is 3. The van der Waals surface area contributed by atoms with Crippen molar-refractivity contribution < 1.29 is 14.7 Å². The van der Waals surface area contributed by atoms with E-state index in [1.54, 1.807) is 6.20 Å². The predicted molar refractivity (Wildman–Crippen MR) is 133 cm³/mol. The summed E-state index contributed by atoms with van der Waals surface area (Å²) in [6.45, 7) is 0.853. The highest BCUT2D eigenvalue weighted by molar-refractivity contribution is 6.32. The molecular weight excluding hydrogens is 470 g/mol. The molecule has 11 heteroatoms. The highest BCUT2D eigenvalue weighted by Gasteiger charge is 2.27. The number of amides is 2. The smallest absolute Gasteiger partial charge is 0.407 e. The molecule has 3 aromatic rings. The summed E-state index contributed by atoms with van der Waals surface area (Å²) in [7, 11) is 0. The second-order valence-electron chi connectivity index (χ2n) is 8.73. The van der Waals surface area contributed by atoms with Crippen LogP contribution in [-0.2, 0) is 17.6 Å². The monoisotopic (exact) mass is 493 g/mol. The maximum absolute atomic E-state index is 12.8. The normalized spacial score (nSPS) is 16.7. The van der Waals surface area contributed by atoms with E-state index in [0.717, 1.165) is 28.2 Å². The number of rotatable bonds is 3. The van der Waals surface area contributed by atoms with E-state index in [0.29, 0.717) is 49.1 Å². The summed E-state index contributed by atoms with van der Waals surface area (Å²) in [5.74, 6) is 0.748. The third-order valence-electron chi connectivity index (χ3n) is 6.15. The van der Waals surface area contributed by atoms with Gasteiger partial charge < -0.3 is 26.0 Å². The van der Waals surface area contributed by atoms with E-state index >= 15 is 0 Å². The van der Waals surface area contributed by atoms with Crippen LogP contribution in [0.2, 0.25) is 5.02 Å². The number of carbonyl (C=O) groups excluding carboxylic acids is 1. The minimum absolute atomic E-state index is 0.0208. The Morgan fingerprint density at radius 1 is 1.14 bits per heavy atom. The number of halogens is 1. The number of aromatic nitrogens is 3. The number of anilines is 5. The number of benzene rings is 1. The Balaban J connectivity index is 1.39. The van der Waals surface area contributed by atoms with Gasteiger partial charge in [-0.3, -0.25) is 9.78 Å². The van der Waals surface area contributed by atoms with E-state index in [2.05, 4.69) is 30.9 Å². The first-order chi connectivity index (χ1) is 16.9. The Kier molecular flexibility index (Phi) is 6.37. The number of likely N-dealkylation sites (tertiary alicyclic amines) is 1. The van der Waals surface area contributed by atoms with E-state index in [4.69, 9.17) is 16.7 Å². The van der Waals surface area contributed by atoms with Crippen LogP contribution < -0.4 is 16.0 Å². The molecule has 2 aromatic heterocycles. The Morgan fingerprint density at radius 3 is 2.86 bits per heavy atom. The summed E-state index contributed by atoms with van der Waals surface area (Å²) in [6.07, 6.45) is 6.46. The summed E-state index contributed by atoms with van der Waals surface area (Å²) in [5, 5.41) is 19.0. The van der Waals surface area contributed by atoms with Crippen molar-refractivity contribution in [3.05, 3.63) is 59.0 Å². The fraction of sp³-hybridized carbons (Fsp3) is 0.292. The number of pyridine rings is 1. The molecule has 10 nitrogen and oxygen atoms in total. The van der Waals surface area contributed by atoms with Gasteiger partial charge in [-0.05, 0) is 60.6 Å². The van der Waals surface area contributed by atoms with Crippen LogP contribution in [0.3, 0.4) is 0 Å². The van der Waals surface area contributed by atoms with Crippen LogP contribution in [0.15, 0.2) is 42.9 Å². The number of carboxylic acid groups (broad SMARTS) is 1. The van der Waals surface area contributed by atoms with Gasteiger partial charge >= 0.3 is 6.09 Å². The molecule has 0 aliphatic carbocycles. The summed E-state index contributed by atoms with van der Waals surface area (Å²) >= 11 is 6.32. The van der Waals surface area contributed by atoms with Crippen LogP contribution in [0.25, 0.3) is 0 Å². The lowest BCUT2D eigenvalue weighted by molar-refractivity contribution is -0.117. The van der Waals surface area contributed by atoms with Gasteiger partial charge in [0.1, 0.15) is 5.02 Å². The number of hydrogen-bond donors (Lipinski definition) is 4. The maximum atomic E-state index is 12.8. The Labute approximate surface area is 206 Å². The quantitative estimate of drug-likeness (QED) is 0.421. The van der Waals surface area contributed by atoms with Crippen molar-refractivity contribution in [2.45, 2.75) is 25.7 Å². The van der Waals surface area contributed by atoms with Crippen LogP contribution in [0.4, 0.5) is 33.6 Å². The second kappa shape index (κ2) is 9.75. The fourth-order valence-corrected chi connectivity index (χ4v) is 4.53. The van der Waals surface area contributed by atoms with Crippen molar-refractivity contribution in [2.75, 3.05) is 29.0 Å². The molecule has 4 N–H and O–H groups in total. The molecule has 35 heavy (non-hydrogen) atoms. The van der Waals surface area contributed by atoms with E-state index < -0.39 is 6.09 Å². The largest absolute Gasteiger partial charge is 0.465 e. The lowest BCUT2D eigenvalue weighted by atomic mass is 10.0. The van der Waals surface area contributed by atoms with E-state index in [-0.39, 0.29) is 18.2 Å². The molecule has 2 amide bonds. The van der Waals surface area contributed by atoms with Crippen molar-refractivity contribution in [1.29, 1.82) is 0 Å². The first-order valence-electron chi connectivity index (χ1n) is 11.3. The number of nitrogens with zero attached hydrogens (tertiary/aromatic N) is 4. The maximum Gasteiger partial charge on any atom is 0.407 e. The van der Waals surface area contributed by atoms with Gasteiger partial charge in [-0.25, -0.2) is 9.78 Å². The van der Waals surface area contributed by atoms with Gasteiger partial charge in [0.25, 0.3) is 0 Å². The standard InChI is InChI=1S/C24H24ClN7O3/c25-19-12-27-23-29-18-7-14(10-26-11-18)1-2-16-9-17(28-22(19)31-23)3-4-20(16)30-21(33)8-15-5-6-32(13-15)24(34)35/h3-4,7,9-12,15H,1-2,5-6,8,13H2,(H,30,33)(H,34,35)(H2,27,28,29,31)/t15-/m1/s1. The SMILES string of the molecule is O=C(C[C@H]1CCN(C(=O)O)C1)Nc1ccc2cc1CCc1cncc(c1)Nc1ncc(Cl)c(n1)N2. The molecule has 1 saturated heterocycles. The third kappa shape index (κ3) is 5.43. The molecule has 0 radical (unpaired) electrons. The lowest BCUT2D eigenvalue weighted by Gasteiger charge is -2.16. The molecule has 180 valence electrons. The van der Waals surface area contributed by atoms with Gasteiger partial charge in [-0.2, -0.15) is 4.98 Å². The minimum Gasteiger partial charge on any atom is -0.465 e. The summed E-state index contributed by atoms with van der Waals surface area (Å²) < 4.78 is 0. The van der Waals surface area contributed by atoms with E-state index in [9.17, 15) is 9.59 Å². The van der Waals surface area contributed by atoms with Crippen LogP contribution in [0.1, 0.15) is 24.0 Å². The van der Waals surface area contributed by atoms with Gasteiger partial charge in [0.05, 0.1) is 18.1 Å². The molecule has 0 spiro atoms. The second-order valence-corrected chi connectivity index (χ2v) is 9.14. The lowest BCUT2D eigenvalue weighted by Crippen LogP contribution is -2.27. The summed E-state index contributed by atoms with van der Waals surface area (Å²) in [5.41, 5.74) is 4.24. The Hall–Kier alpha value is -3.92. The highest BCUT2D eigenvalue weighted by atomic mass is 35.5. The summed E-state index contributed by atoms with van der Waals surface area (Å²) in [4.78, 5) is 38.4. The van der Waals surface area contributed by atoms with Crippen molar-refractivity contribution in [1.82, 2.24) is 19.9 Å². The fourth-order valence-electron chi connectivity index (χ4n) is 4.39. The van der Waals surface area contributed by atoms with Crippen LogP contribution in [-0.4, -0.2) is 50.0 Å². The third-order valence-corrected chi connectivity index (χ3v) is 6.43. The average Bonchev–Trinajstić information content (AvgIpc) is 3.30. The molecule has 1 fully saturated rings. The predicted octanol–water partition coefficient (Wildman–Crippen LogP) is 4.44. The molecule has 6 bridgehead atoms. The molecule has 1 aromatic carbocycles. The Bertz CT molecular complexity index is 1290. The van der Waals surface area contributed by atoms with E-state index in [1.807, 2.05) is 30.5 Å². The molecule has 1 atom stereocenters. The zero-order chi connectivity index (χ0) is 24.4. The first-order valence-corrected chi connectivity index (χ1v) is 11.7. The molecule has 0 saturated carbocycles. The zero-order valence-electron chi connectivity index (χ0n) is 18.8. The van der Waals surface area contributed by atoms with Crippen LogP contribution in [0, 0.1) is 5.92 Å². The molecule has 0 unspecified atom stereocenters. The minimum atomic E-state index is -0.938. The number of aryl methyl sites for hydroxylation is 2. The van der Waals surface area contributed by atoms with Gasteiger partial charge in [0.15, 0.2) is 5.82 Å². The van der Waals surface area contributed by atoms with Crippen LogP contribution in [0.5, 0.6) is 0 Å². The van der Waals surface area contributed by atoms with Gasteiger partial charge in [-0.15, -0.1) is 0 Å². The van der Waals surface area contributed by atoms with Gasteiger partial charge in [0.2, 0.25) is 11.9 Å². The van der Waals surface area contributed by atoms with Crippen molar-refractivity contribution in [3.63, 3.8) is 0 Å². The van der Waals surface area contributed by atoms with Gasteiger partial charge in [0, 0.05) is 37.1 Å². The molecule has 2 aliphatic rings. The molecule has 5 rings (SSSR count). The summed E-state index contributed by atoms with van der Waals surface area (Å²) in [6, 6.07) is 7.68. The first kappa shape index (κ1) is 22.9. The number of hydrogen-bond acceptors (Lipinski definition) is 7. The topological polar surface area (TPSA) is 132 Å². The van der Waals surface area contributed by atoms with Crippen molar-refractivity contribution >= 4 is 52.4 Å².